The van der Waals surface area contributed by atoms with Gasteiger partial charge in [-0.25, -0.2) is 0 Å². The molecule has 3 heterocycles. The van der Waals surface area contributed by atoms with Crippen LogP contribution in [-0.4, -0.2) is 61.2 Å². The lowest BCUT2D eigenvalue weighted by Crippen LogP contribution is -2.47. The Labute approximate surface area is 112 Å². The summed E-state index contributed by atoms with van der Waals surface area (Å²) < 4.78 is 0. The molecule has 3 unspecified atom stereocenters. The number of fused-ring (bicyclic) bond motifs is 1. The van der Waals surface area contributed by atoms with Crippen LogP contribution in [0, 0.1) is 5.92 Å². The third-order valence-electron chi connectivity index (χ3n) is 5.34. The Morgan fingerprint density at radius 1 is 1.17 bits per heavy atom. The zero-order valence-electron chi connectivity index (χ0n) is 11.9. The number of likely N-dealkylation sites (N-methyl/N-ethyl adjacent to an activating group) is 1. The molecule has 3 rings (SSSR count). The van der Waals surface area contributed by atoms with Crippen LogP contribution in [0.5, 0.6) is 0 Å². The molecule has 1 N–H and O–H groups in total. The maximum atomic E-state index is 3.56. The molecule has 0 spiro atoms. The maximum Gasteiger partial charge on any atom is 0.0263 e. The standard InChI is InChI=1S/C15H29N3/c1-2-17(12-13-5-3-8-16-11-13)15-7-10-18-9-4-6-14(15)18/h13-16H,2-12H2,1H3. The second-order valence-corrected chi connectivity index (χ2v) is 6.40. The van der Waals surface area contributed by atoms with Crippen LogP contribution >= 0.6 is 0 Å². The molecule has 3 aliphatic rings. The summed E-state index contributed by atoms with van der Waals surface area (Å²) in [7, 11) is 0. The number of nitrogens with one attached hydrogen (secondary N) is 1. The van der Waals surface area contributed by atoms with Crippen LogP contribution in [0.2, 0.25) is 0 Å². The van der Waals surface area contributed by atoms with E-state index in [1.54, 1.807) is 0 Å². The molecular weight excluding hydrogens is 222 g/mol. The molecule has 3 heteroatoms. The van der Waals surface area contributed by atoms with Crippen molar-refractivity contribution in [3.63, 3.8) is 0 Å². The Hall–Kier alpha value is -0.120. The van der Waals surface area contributed by atoms with Gasteiger partial charge in [-0.05, 0) is 64.2 Å². The first-order chi connectivity index (χ1) is 8.88. The van der Waals surface area contributed by atoms with Crippen molar-refractivity contribution in [2.24, 2.45) is 5.92 Å². The lowest BCUT2D eigenvalue weighted by molar-refractivity contribution is 0.135. The summed E-state index contributed by atoms with van der Waals surface area (Å²) in [5.74, 6) is 0.897. The second-order valence-electron chi connectivity index (χ2n) is 6.40. The SMILES string of the molecule is CCN(CC1CCCNC1)C1CCN2CCCC12. The van der Waals surface area contributed by atoms with E-state index in [1.807, 2.05) is 0 Å². The van der Waals surface area contributed by atoms with Gasteiger partial charge >= 0.3 is 0 Å². The Kier molecular flexibility index (Phi) is 4.22. The van der Waals surface area contributed by atoms with Crippen LogP contribution < -0.4 is 5.32 Å². The molecule has 0 saturated carbocycles. The van der Waals surface area contributed by atoms with Crippen LogP contribution in [0.4, 0.5) is 0 Å². The summed E-state index contributed by atoms with van der Waals surface area (Å²) in [6.07, 6.45) is 7.11. The Bertz CT molecular complexity index is 262. The van der Waals surface area contributed by atoms with Crippen LogP contribution in [0.1, 0.15) is 39.0 Å². The van der Waals surface area contributed by atoms with E-state index < -0.39 is 0 Å². The van der Waals surface area contributed by atoms with Crippen LogP contribution in [0.25, 0.3) is 0 Å². The van der Waals surface area contributed by atoms with E-state index >= 15 is 0 Å². The highest BCUT2D eigenvalue weighted by atomic mass is 15.3. The van der Waals surface area contributed by atoms with E-state index in [4.69, 9.17) is 0 Å². The second kappa shape index (κ2) is 5.89. The van der Waals surface area contributed by atoms with Crippen LogP contribution in [0.15, 0.2) is 0 Å². The van der Waals surface area contributed by atoms with E-state index in [9.17, 15) is 0 Å². The molecule has 3 nitrogen and oxygen atoms in total. The molecule has 0 amide bonds. The van der Waals surface area contributed by atoms with Crippen molar-refractivity contribution in [3.8, 4) is 0 Å². The number of hydrogen-bond acceptors (Lipinski definition) is 3. The molecule has 0 aromatic heterocycles. The summed E-state index contributed by atoms with van der Waals surface area (Å²) in [5, 5.41) is 3.56. The van der Waals surface area contributed by atoms with Crippen molar-refractivity contribution >= 4 is 0 Å². The van der Waals surface area contributed by atoms with Gasteiger partial charge in [-0.2, -0.15) is 0 Å². The maximum absolute atomic E-state index is 3.56. The van der Waals surface area contributed by atoms with Crippen LogP contribution in [-0.2, 0) is 0 Å². The molecule has 0 aliphatic carbocycles. The molecule has 0 aromatic carbocycles. The summed E-state index contributed by atoms with van der Waals surface area (Å²) in [6, 6.07) is 1.75. The minimum atomic E-state index is 0.861. The summed E-state index contributed by atoms with van der Waals surface area (Å²) in [5.41, 5.74) is 0. The molecule has 3 atom stereocenters. The highest BCUT2D eigenvalue weighted by Gasteiger charge is 2.40. The predicted octanol–water partition coefficient (Wildman–Crippen LogP) is 1.54. The zero-order valence-corrected chi connectivity index (χ0v) is 11.9. The smallest absolute Gasteiger partial charge is 0.0263 e. The first-order valence-corrected chi connectivity index (χ1v) is 8.07. The highest BCUT2D eigenvalue weighted by Crippen LogP contribution is 2.31. The predicted molar refractivity (Wildman–Crippen MR) is 75.8 cm³/mol. The van der Waals surface area contributed by atoms with Gasteiger partial charge in [0.15, 0.2) is 0 Å². The van der Waals surface area contributed by atoms with Crippen molar-refractivity contribution in [2.45, 2.75) is 51.1 Å². The Morgan fingerprint density at radius 2 is 2.11 bits per heavy atom. The van der Waals surface area contributed by atoms with E-state index in [0.29, 0.717) is 0 Å². The Balaban J connectivity index is 1.57. The summed E-state index contributed by atoms with van der Waals surface area (Å²) >= 11 is 0. The normalized spacial score (nSPS) is 37.3. The largest absolute Gasteiger partial charge is 0.316 e. The summed E-state index contributed by atoms with van der Waals surface area (Å²) in [6.45, 7) is 10.1. The van der Waals surface area contributed by atoms with Gasteiger partial charge in [0, 0.05) is 25.2 Å². The van der Waals surface area contributed by atoms with Gasteiger partial charge in [-0.15, -0.1) is 0 Å². The van der Waals surface area contributed by atoms with Gasteiger partial charge in [0.05, 0.1) is 0 Å². The van der Waals surface area contributed by atoms with Crippen LogP contribution in [0.3, 0.4) is 0 Å². The van der Waals surface area contributed by atoms with Crippen molar-refractivity contribution < 1.29 is 0 Å². The van der Waals surface area contributed by atoms with Gasteiger partial charge in [-0.3, -0.25) is 9.80 Å². The van der Waals surface area contributed by atoms with Crippen molar-refractivity contribution in [1.82, 2.24) is 15.1 Å². The molecular formula is C15H29N3. The number of piperidine rings is 1. The summed E-state index contributed by atoms with van der Waals surface area (Å²) in [4.78, 5) is 5.54. The van der Waals surface area contributed by atoms with E-state index in [2.05, 4.69) is 22.0 Å². The van der Waals surface area contributed by atoms with Gasteiger partial charge in [0.2, 0.25) is 0 Å². The average Bonchev–Trinajstić information content (AvgIpc) is 3.00. The minimum absolute atomic E-state index is 0.861. The lowest BCUT2D eigenvalue weighted by atomic mass is 9.96. The quantitative estimate of drug-likeness (QED) is 0.818. The fourth-order valence-corrected chi connectivity index (χ4v) is 4.39. The molecule has 3 saturated heterocycles. The van der Waals surface area contributed by atoms with E-state index in [0.717, 1.165) is 18.0 Å². The average molecular weight is 251 g/mol. The van der Waals surface area contributed by atoms with Gasteiger partial charge in [0.25, 0.3) is 0 Å². The molecule has 0 aromatic rings. The third kappa shape index (κ3) is 2.59. The third-order valence-corrected chi connectivity index (χ3v) is 5.34. The fourth-order valence-electron chi connectivity index (χ4n) is 4.39. The van der Waals surface area contributed by atoms with Gasteiger partial charge in [0.1, 0.15) is 0 Å². The number of rotatable bonds is 4. The molecule has 104 valence electrons. The van der Waals surface area contributed by atoms with Gasteiger partial charge < -0.3 is 5.32 Å². The molecule has 3 aliphatic heterocycles. The van der Waals surface area contributed by atoms with E-state index in [1.165, 1.54) is 71.4 Å². The van der Waals surface area contributed by atoms with Crippen molar-refractivity contribution in [3.05, 3.63) is 0 Å². The number of nitrogens with zero attached hydrogens (tertiary/aromatic N) is 2. The lowest BCUT2D eigenvalue weighted by Gasteiger charge is -2.36. The molecule has 0 bridgehead atoms. The zero-order chi connectivity index (χ0) is 12.4. The molecule has 3 fully saturated rings. The number of hydrogen-bond donors (Lipinski definition) is 1. The topological polar surface area (TPSA) is 18.5 Å². The molecule has 18 heavy (non-hydrogen) atoms. The van der Waals surface area contributed by atoms with Gasteiger partial charge in [-0.1, -0.05) is 6.92 Å². The Morgan fingerprint density at radius 3 is 2.89 bits per heavy atom. The fraction of sp³-hybridized carbons (Fsp3) is 1.00. The first kappa shape index (κ1) is 12.9. The minimum Gasteiger partial charge on any atom is -0.316 e. The van der Waals surface area contributed by atoms with Crippen molar-refractivity contribution in [1.29, 1.82) is 0 Å². The van der Waals surface area contributed by atoms with Crippen molar-refractivity contribution in [2.75, 3.05) is 39.3 Å². The highest BCUT2D eigenvalue weighted by molar-refractivity contribution is 4.97. The monoisotopic (exact) mass is 251 g/mol. The molecule has 0 radical (unpaired) electrons. The van der Waals surface area contributed by atoms with E-state index in [-0.39, 0.29) is 0 Å². The first-order valence-electron chi connectivity index (χ1n) is 8.07.